The average molecular weight is 418 g/mol. The normalized spacial score (nSPS) is 11.1. The number of furan rings is 1. The molecule has 0 bridgehead atoms. The predicted octanol–water partition coefficient (Wildman–Crippen LogP) is 6.45. The molecule has 0 fully saturated rings. The Morgan fingerprint density at radius 2 is 1.81 bits per heavy atom. The fraction of sp³-hybridized carbons (Fsp3) is 0. The number of para-hydroxylation sites is 1. The lowest BCUT2D eigenvalue weighted by atomic mass is 10.2. The second-order valence-electron chi connectivity index (χ2n) is 5.43. The zero-order chi connectivity index (χ0) is 19.4. The maximum absolute atomic E-state index is 12.3. The van der Waals surface area contributed by atoms with Crippen LogP contribution in [0, 0.1) is 11.3 Å². The number of rotatable bonds is 4. The summed E-state index contributed by atoms with van der Waals surface area (Å²) in [5.74, 6) is 0.203. The van der Waals surface area contributed by atoms with E-state index in [2.05, 4.69) is 5.32 Å². The van der Waals surface area contributed by atoms with Crippen molar-refractivity contribution in [3.8, 4) is 17.4 Å². The third kappa shape index (κ3) is 4.53. The van der Waals surface area contributed by atoms with Crippen LogP contribution in [0.25, 0.3) is 17.4 Å². The van der Waals surface area contributed by atoms with Gasteiger partial charge in [0.15, 0.2) is 0 Å². The number of amides is 1. The number of carbonyl (C=O) groups is 1. The number of hydrogen-bond donors (Lipinski definition) is 1. The summed E-state index contributed by atoms with van der Waals surface area (Å²) in [6, 6.07) is 16.9. The highest BCUT2D eigenvalue weighted by Gasteiger charge is 2.14. The Kier molecular flexibility index (Phi) is 5.88. The van der Waals surface area contributed by atoms with Gasteiger partial charge >= 0.3 is 0 Å². The van der Waals surface area contributed by atoms with Gasteiger partial charge in [-0.3, -0.25) is 4.79 Å². The Morgan fingerprint density at radius 1 is 1.04 bits per heavy atom. The number of carbonyl (C=O) groups excluding carboxylic acids is 1. The number of nitriles is 1. The van der Waals surface area contributed by atoms with Crippen LogP contribution in [0.15, 0.2) is 64.6 Å². The topological polar surface area (TPSA) is 66.0 Å². The smallest absolute Gasteiger partial charge is 0.266 e. The molecule has 2 aromatic carbocycles. The van der Waals surface area contributed by atoms with Crippen LogP contribution in [-0.4, -0.2) is 5.91 Å². The number of hydrogen-bond acceptors (Lipinski definition) is 3. The van der Waals surface area contributed by atoms with Crippen LogP contribution in [0.3, 0.4) is 0 Å². The van der Waals surface area contributed by atoms with E-state index in [1.807, 2.05) is 6.07 Å². The van der Waals surface area contributed by atoms with Gasteiger partial charge in [-0.1, -0.05) is 46.9 Å². The summed E-state index contributed by atoms with van der Waals surface area (Å²) in [5, 5.41) is 13.3. The second kappa shape index (κ2) is 8.32. The monoisotopic (exact) mass is 416 g/mol. The van der Waals surface area contributed by atoms with Gasteiger partial charge in [0.05, 0.1) is 15.7 Å². The van der Waals surface area contributed by atoms with Crippen LogP contribution in [0.5, 0.6) is 0 Å². The third-order valence-electron chi connectivity index (χ3n) is 3.59. The summed E-state index contributed by atoms with van der Waals surface area (Å²) in [6.07, 6.45) is 1.34. The minimum atomic E-state index is -0.593. The van der Waals surface area contributed by atoms with Crippen molar-refractivity contribution < 1.29 is 9.21 Å². The Labute approximate surface area is 170 Å². The lowest BCUT2D eigenvalue weighted by Crippen LogP contribution is -2.13. The summed E-state index contributed by atoms with van der Waals surface area (Å²) in [4.78, 5) is 12.3. The predicted molar refractivity (Wildman–Crippen MR) is 108 cm³/mol. The molecule has 1 N–H and O–H groups in total. The molecule has 3 rings (SSSR count). The molecule has 0 saturated heterocycles. The fourth-order valence-corrected chi connectivity index (χ4v) is 2.87. The van der Waals surface area contributed by atoms with E-state index in [1.54, 1.807) is 54.6 Å². The number of nitrogens with zero attached hydrogens (tertiary/aromatic N) is 1. The molecule has 0 radical (unpaired) electrons. The summed E-state index contributed by atoms with van der Waals surface area (Å²) in [7, 11) is 0. The minimum absolute atomic E-state index is 0.131. The zero-order valence-electron chi connectivity index (χ0n) is 13.7. The number of benzene rings is 2. The highest BCUT2D eigenvalue weighted by atomic mass is 35.5. The molecule has 0 saturated carbocycles. The van der Waals surface area contributed by atoms with E-state index >= 15 is 0 Å². The van der Waals surface area contributed by atoms with Crippen LogP contribution in [0.4, 0.5) is 5.69 Å². The van der Waals surface area contributed by atoms with Crippen LogP contribution < -0.4 is 5.32 Å². The molecule has 0 spiro atoms. The van der Waals surface area contributed by atoms with Crippen LogP contribution in [-0.2, 0) is 4.79 Å². The van der Waals surface area contributed by atoms with Crippen molar-refractivity contribution in [1.82, 2.24) is 0 Å². The van der Waals surface area contributed by atoms with Gasteiger partial charge in [-0.15, -0.1) is 0 Å². The first-order valence-corrected chi connectivity index (χ1v) is 8.84. The van der Waals surface area contributed by atoms with E-state index in [-0.39, 0.29) is 5.57 Å². The van der Waals surface area contributed by atoms with Crippen molar-refractivity contribution in [2.24, 2.45) is 0 Å². The van der Waals surface area contributed by atoms with E-state index in [4.69, 9.17) is 39.2 Å². The van der Waals surface area contributed by atoms with Crippen molar-refractivity contribution in [3.63, 3.8) is 0 Å². The van der Waals surface area contributed by atoms with Crippen molar-refractivity contribution >= 4 is 52.5 Å². The SMILES string of the molecule is N#C/C(=C\c1ccc(-c2cc(Cl)ccc2Cl)o1)C(=O)Nc1ccccc1Cl. The molecule has 1 amide bonds. The van der Waals surface area contributed by atoms with E-state index in [1.165, 1.54) is 6.08 Å². The van der Waals surface area contributed by atoms with Gasteiger partial charge in [0.1, 0.15) is 23.2 Å². The van der Waals surface area contributed by atoms with Crippen LogP contribution in [0.1, 0.15) is 5.76 Å². The highest BCUT2D eigenvalue weighted by Crippen LogP contribution is 2.32. The van der Waals surface area contributed by atoms with Crippen molar-refractivity contribution in [2.45, 2.75) is 0 Å². The van der Waals surface area contributed by atoms with Crippen LogP contribution >= 0.6 is 34.8 Å². The average Bonchev–Trinajstić information content (AvgIpc) is 3.12. The third-order valence-corrected chi connectivity index (χ3v) is 4.49. The van der Waals surface area contributed by atoms with E-state index < -0.39 is 5.91 Å². The van der Waals surface area contributed by atoms with Gasteiger partial charge in [-0.25, -0.2) is 0 Å². The Hall–Kier alpha value is -2.71. The maximum atomic E-state index is 12.3. The van der Waals surface area contributed by atoms with Crippen molar-refractivity contribution in [2.75, 3.05) is 5.32 Å². The highest BCUT2D eigenvalue weighted by molar-refractivity contribution is 6.35. The van der Waals surface area contributed by atoms with Crippen molar-refractivity contribution in [3.05, 3.63) is 81.0 Å². The molecule has 0 aliphatic heterocycles. The molecule has 1 aromatic heterocycles. The quantitative estimate of drug-likeness (QED) is 0.392. The minimum Gasteiger partial charge on any atom is -0.457 e. The van der Waals surface area contributed by atoms with E-state index in [9.17, 15) is 10.1 Å². The second-order valence-corrected chi connectivity index (χ2v) is 6.68. The first kappa shape index (κ1) is 19.1. The fourth-order valence-electron chi connectivity index (χ4n) is 2.30. The molecule has 27 heavy (non-hydrogen) atoms. The first-order valence-electron chi connectivity index (χ1n) is 7.71. The molecule has 7 heteroatoms. The Bertz CT molecular complexity index is 1080. The molecule has 0 aliphatic carbocycles. The molecule has 1 heterocycles. The summed E-state index contributed by atoms with van der Waals surface area (Å²) in [5.41, 5.74) is 0.895. The van der Waals surface area contributed by atoms with Gasteiger partial charge in [0, 0.05) is 16.7 Å². The standard InChI is InChI=1S/C20H11Cl3N2O2/c21-13-5-7-16(22)15(10-13)19-8-6-14(27-19)9-12(11-24)20(26)25-18-4-2-1-3-17(18)23/h1-10H,(H,25,26)/b12-9+. The lowest BCUT2D eigenvalue weighted by molar-refractivity contribution is -0.112. The Morgan fingerprint density at radius 3 is 2.56 bits per heavy atom. The molecular formula is C20H11Cl3N2O2. The number of anilines is 1. The van der Waals surface area contributed by atoms with Gasteiger partial charge in [0.2, 0.25) is 0 Å². The van der Waals surface area contributed by atoms with Gasteiger partial charge < -0.3 is 9.73 Å². The molecule has 0 aliphatic rings. The van der Waals surface area contributed by atoms with E-state index in [0.717, 1.165) is 0 Å². The molecule has 4 nitrogen and oxygen atoms in total. The molecule has 0 unspecified atom stereocenters. The zero-order valence-corrected chi connectivity index (χ0v) is 15.9. The first-order chi connectivity index (χ1) is 13.0. The summed E-state index contributed by atoms with van der Waals surface area (Å²) < 4.78 is 5.69. The van der Waals surface area contributed by atoms with Gasteiger partial charge in [-0.05, 0) is 42.5 Å². The Balaban J connectivity index is 1.85. The van der Waals surface area contributed by atoms with Gasteiger partial charge in [-0.2, -0.15) is 5.26 Å². The largest absolute Gasteiger partial charge is 0.457 e. The molecule has 3 aromatic rings. The van der Waals surface area contributed by atoms with Crippen molar-refractivity contribution in [1.29, 1.82) is 5.26 Å². The van der Waals surface area contributed by atoms with Gasteiger partial charge in [0.25, 0.3) is 5.91 Å². The molecule has 0 atom stereocenters. The number of nitrogens with one attached hydrogen (secondary N) is 1. The maximum Gasteiger partial charge on any atom is 0.266 e. The summed E-state index contributed by atoms with van der Waals surface area (Å²) in [6.45, 7) is 0. The van der Waals surface area contributed by atoms with Crippen LogP contribution in [0.2, 0.25) is 15.1 Å². The number of halogens is 3. The molecule has 134 valence electrons. The van der Waals surface area contributed by atoms with E-state index in [0.29, 0.717) is 37.8 Å². The summed E-state index contributed by atoms with van der Waals surface area (Å²) >= 11 is 18.2. The molecular weight excluding hydrogens is 407 g/mol. The lowest BCUT2D eigenvalue weighted by Gasteiger charge is -2.05.